The molecule has 2 rings (SSSR count). The predicted molar refractivity (Wildman–Crippen MR) is 128 cm³/mol. The van der Waals surface area contributed by atoms with Gasteiger partial charge in [0.25, 0.3) is 5.91 Å². The minimum absolute atomic E-state index is 0. The van der Waals surface area contributed by atoms with Gasteiger partial charge in [0, 0.05) is 42.8 Å². The Hall–Kier alpha value is -1.51. The number of guanidine groups is 1. The predicted octanol–water partition coefficient (Wildman–Crippen LogP) is 3.92. The maximum atomic E-state index is 11.7. The number of rotatable bonds is 7. The zero-order valence-corrected chi connectivity index (χ0v) is 19.7. The molecule has 0 aliphatic heterocycles. The van der Waals surface area contributed by atoms with Crippen LogP contribution in [0.25, 0.3) is 0 Å². The molecule has 0 spiro atoms. The second-order valence-electron chi connectivity index (χ2n) is 5.98. The number of carbonyl (C=O) groups is 1. The summed E-state index contributed by atoms with van der Waals surface area (Å²) < 4.78 is 0. The van der Waals surface area contributed by atoms with Gasteiger partial charge in [-0.25, -0.2) is 0 Å². The molecule has 0 atom stereocenters. The lowest BCUT2D eigenvalue weighted by Gasteiger charge is -2.12. The smallest absolute Gasteiger partial charge is 0.251 e. The van der Waals surface area contributed by atoms with Crippen molar-refractivity contribution in [2.75, 3.05) is 27.2 Å². The second-order valence-corrected chi connectivity index (χ2v) is 6.86. The summed E-state index contributed by atoms with van der Waals surface area (Å²) in [6.45, 7) is 1.42. The zero-order chi connectivity index (χ0) is 19.6. The second kappa shape index (κ2) is 12.9. The molecule has 1 amide bonds. The first kappa shape index (κ1) is 24.5. The Balaban J connectivity index is 0.00000392. The van der Waals surface area contributed by atoms with Gasteiger partial charge < -0.3 is 16.0 Å². The molecule has 2 aromatic carbocycles. The monoisotopic (exact) mass is 534 g/mol. The van der Waals surface area contributed by atoms with Crippen LogP contribution >= 0.6 is 47.2 Å². The maximum absolute atomic E-state index is 11.7. The Kier molecular flexibility index (Phi) is 11.3. The van der Waals surface area contributed by atoms with Crippen molar-refractivity contribution in [3.8, 4) is 0 Å². The van der Waals surface area contributed by atoms with Crippen molar-refractivity contribution < 1.29 is 4.79 Å². The van der Waals surface area contributed by atoms with Crippen LogP contribution in [-0.2, 0) is 12.8 Å². The first-order valence-electron chi connectivity index (χ1n) is 8.72. The molecule has 0 bridgehead atoms. The Morgan fingerprint density at radius 2 is 1.57 bits per heavy atom. The van der Waals surface area contributed by atoms with E-state index in [-0.39, 0.29) is 29.9 Å². The number of benzene rings is 2. The summed E-state index contributed by atoms with van der Waals surface area (Å²) >= 11 is 12.0. The number of nitrogens with zero attached hydrogens (tertiary/aromatic N) is 1. The standard InChI is InChI=1S/C20H24Cl2N4O.HI/c1-23-19(27)16-5-3-4-14(10-16)6-8-25-20(24-2)26-9-7-15-11-17(21)13-18(22)12-15;/h3-5,10-13H,6-9H2,1-2H3,(H,23,27)(H2,24,25,26);1H. The SMILES string of the molecule is CN=C(NCCc1cc(Cl)cc(Cl)c1)NCCc1cccc(C(=O)NC)c1.I. The van der Waals surface area contributed by atoms with Gasteiger partial charge in [-0.3, -0.25) is 9.79 Å². The first-order valence-corrected chi connectivity index (χ1v) is 9.48. The van der Waals surface area contributed by atoms with Crippen molar-refractivity contribution in [1.82, 2.24) is 16.0 Å². The van der Waals surface area contributed by atoms with Crippen LogP contribution in [0.5, 0.6) is 0 Å². The molecule has 0 radical (unpaired) electrons. The highest BCUT2D eigenvalue weighted by Crippen LogP contribution is 2.19. The third kappa shape index (κ3) is 8.24. The van der Waals surface area contributed by atoms with E-state index in [9.17, 15) is 4.79 Å². The van der Waals surface area contributed by atoms with Gasteiger partial charge in [-0.15, -0.1) is 24.0 Å². The number of halogens is 3. The van der Waals surface area contributed by atoms with Crippen molar-refractivity contribution in [1.29, 1.82) is 0 Å². The van der Waals surface area contributed by atoms with Crippen molar-refractivity contribution in [2.24, 2.45) is 4.99 Å². The fourth-order valence-corrected chi connectivity index (χ4v) is 3.21. The normalized spacial score (nSPS) is 10.8. The Morgan fingerprint density at radius 3 is 2.14 bits per heavy atom. The molecule has 2 aromatic rings. The van der Waals surface area contributed by atoms with Gasteiger partial charge in [0.1, 0.15) is 0 Å². The molecule has 152 valence electrons. The van der Waals surface area contributed by atoms with Gasteiger partial charge in [-0.2, -0.15) is 0 Å². The third-order valence-electron chi connectivity index (χ3n) is 3.97. The Morgan fingerprint density at radius 1 is 0.964 bits per heavy atom. The summed E-state index contributed by atoms with van der Waals surface area (Å²) in [6.07, 6.45) is 1.57. The zero-order valence-electron chi connectivity index (χ0n) is 15.9. The third-order valence-corrected chi connectivity index (χ3v) is 4.41. The maximum Gasteiger partial charge on any atom is 0.251 e. The quantitative estimate of drug-likeness (QED) is 0.286. The fraction of sp³-hybridized carbons (Fsp3) is 0.300. The van der Waals surface area contributed by atoms with Crippen molar-refractivity contribution >= 4 is 59.0 Å². The van der Waals surface area contributed by atoms with E-state index in [1.54, 1.807) is 26.2 Å². The molecule has 0 unspecified atom stereocenters. The topological polar surface area (TPSA) is 65.5 Å². The summed E-state index contributed by atoms with van der Waals surface area (Å²) in [5, 5.41) is 10.5. The summed E-state index contributed by atoms with van der Waals surface area (Å²) in [4.78, 5) is 15.9. The first-order chi connectivity index (χ1) is 13.0. The molecular formula is C20H25Cl2IN4O. The highest BCUT2D eigenvalue weighted by Gasteiger charge is 2.04. The summed E-state index contributed by atoms with van der Waals surface area (Å²) in [5.74, 6) is 0.647. The number of amides is 1. The molecule has 8 heteroatoms. The van der Waals surface area contributed by atoms with Crippen LogP contribution in [0.2, 0.25) is 10.0 Å². The van der Waals surface area contributed by atoms with Crippen molar-refractivity contribution in [3.05, 3.63) is 69.2 Å². The van der Waals surface area contributed by atoms with Crippen LogP contribution in [0, 0.1) is 0 Å². The fourth-order valence-electron chi connectivity index (χ4n) is 2.64. The lowest BCUT2D eigenvalue weighted by atomic mass is 10.1. The molecule has 0 aliphatic rings. The van der Waals surface area contributed by atoms with Crippen LogP contribution in [0.1, 0.15) is 21.5 Å². The lowest BCUT2D eigenvalue weighted by molar-refractivity contribution is 0.0963. The number of nitrogens with one attached hydrogen (secondary N) is 3. The number of aliphatic imine (C=N–C) groups is 1. The molecule has 0 saturated carbocycles. The van der Waals surface area contributed by atoms with Crippen molar-refractivity contribution in [2.45, 2.75) is 12.8 Å². The van der Waals surface area contributed by atoms with E-state index in [2.05, 4.69) is 20.9 Å². The highest BCUT2D eigenvalue weighted by atomic mass is 127. The molecule has 0 fully saturated rings. The molecule has 0 saturated heterocycles. The molecule has 0 aliphatic carbocycles. The summed E-state index contributed by atoms with van der Waals surface area (Å²) in [7, 11) is 3.36. The lowest BCUT2D eigenvalue weighted by Crippen LogP contribution is -2.39. The average Bonchev–Trinajstić information content (AvgIpc) is 2.65. The van der Waals surface area contributed by atoms with E-state index in [1.165, 1.54) is 0 Å². The Bertz CT molecular complexity index is 794. The van der Waals surface area contributed by atoms with Crippen molar-refractivity contribution in [3.63, 3.8) is 0 Å². The van der Waals surface area contributed by atoms with E-state index in [1.807, 2.05) is 30.3 Å². The van der Waals surface area contributed by atoms with E-state index in [0.29, 0.717) is 28.7 Å². The van der Waals surface area contributed by atoms with Gasteiger partial charge in [0.15, 0.2) is 5.96 Å². The van der Waals surface area contributed by atoms with Gasteiger partial charge in [-0.1, -0.05) is 35.3 Å². The van der Waals surface area contributed by atoms with Crippen LogP contribution in [0.3, 0.4) is 0 Å². The highest BCUT2D eigenvalue weighted by molar-refractivity contribution is 14.0. The van der Waals surface area contributed by atoms with Gasteiger partial charge >= 0.3 is 0 Å². The van der Waals surface area contributed by atoms with Gasteiger partial charge in [0.05, 0.1) is 0 Å². The molecular weight excluding hydrogens is 510 g/mol. The van der Waals surface area contributed by atoms with E-state index < -0.39 is 0 Å². The number of hydrogen-bond donors (Lipinski definition) is 3. The van der Waals surface area contributed by atoms with E-state index >= 15 is 0 Å². The summed E-state index contributed by atoms with van der Waals surface area (Å²) in [6, 6.07) is 13.1. The molecule has 0 heterocycles. The largest absolute Gasteiger partial charge is 0.356 e. The molecule has 5 nitrogen and oxygen atoms in total. The van der Waals surface area contributed by atoms with Gasteiger partial charge in [0.2, 0.25) is 0 Å². The summed E-state index contributed by atoms with van der Waals surface area (Å²) in [5.41, 5.74) is 2.83. The minimum atomic E-state index is -0.0802. The van der Waals surface area contributed by atoms with Crippen LogP contribution in [0.4, 0.5) is 0 Å². The molecule has 28 heavy (non-hydrogen) atoms. The van der Waals surface area contributed by atoms with Crippen LogP contribution < -0.4 is 16.0 Å². The van der Waals surface area contributed by atoms with Crippen LogP contribution in [0.15, 0.2) is 47.5 Å². The minimum Gasteiger partial charge on any atom is -0.356 e. The Labute approximate surface area is 193 Å². The number of carbonyl (C=O) groups excluding carboxylic acids is 1. The number of hydrogen-bond acceptors (Lipinski definition) is 2. The van der Waals surface area contributed by atoms with Gasteiger partial charge in [-0.05, 0) is 54.3 Å². The van der Waals surface area contributed by atoms with Crippen LogP contribution in [-0.4, -0.2) is 39.1 Å². The molecule has 0 aromatic heterocycles. The molecule has 3 N–H and O–H groups in total. The average molecular weight is 535 g/mol. The van der Waals surface area contributed by atoms with E-state index in [0.717, 1.165) is 29.9 Å². The van der Waals surface area contributed by atoms with E-state index in [4.69, 9.17) is 23.2 Å².